The average molecular weight is 637 g/mol. The predicted octanol–water partition coefficient (Wildman–Crippen LogP) is 13.9. The largest absolute Gasteiger partial charge is 0.463 e. The van der Waals surface area contributed by atoms with Crippen LogP contribution < -0.4 is 0 Å². The molecule has 0 aliphatic heterocycles. The van der Waals surface area contributed by atoms with E-state index in [1.165, 1.54) is 59.8 Å². The van der Waals surface area contributed by atoms with Crippen molar-refractivity contribution in [3.05, 3.63) is 170 Å². The monoisotopic (exact) mass is 636 g/mol. The van der Waals surface area contributed by atoms with Gasteiger partial charge in [0.1, 0.15) is 16.7 Å². The number of rotatable bonds is 3. The van der Waals surface area contributed by atoms with Crippen molar-refractivity contribution in [2.24, 2.45) is 0 Å². The highest BCUT2D eigenvalue weighted by atomic mass is 16.3. The van der Waals surface area contributed by atoms with E-state index < -0.39 is 0 Å². The van der Waals surface area contributed by atoms with E-state index in [4.69, 9.17) is 8.83 Å². The summed E-state index contributed by atoms with van der Waals surface area (Å²) in [6.07, 6.45) is 1.89. The zero-order valence-electron chi connectivity index (χ0n) is 27.0. The molecule has 11 rings (SSSR count). The fourth-order valence-electron chi connectivity index (χ4n) is 8.23. The highest BCUT2D eigenvalue weighted by molar-refractivity contribution is 6.26. The highest BCUT2D eigenvalue weighted by Crippen LogP contribution is 2.48. The van der Waals surface area contributed by atoms with Crippen LogP contribution in [0.25, 0.3) is 109 Å². The molecule has 232 valence electrons. The fourth-order valence-corrected chi connectivity index (χ4v) is 8.23. The van der Waals surface area contributed by atoms with Crippen LogP contribution in [0, 0.1) is 0 Å². The SMILES string of the molecule is c1ccc2cc(-c3c4ccccc4c(-c4cccc5c4oc4ccc6c(-c7ccc8ccccc8c7)coc6c45)c4ccccc34)ccc2c1. The Morgan fingerprint density at radius 1 is 0.340 bits per heavy atom. The molecule has 50 heavy (non-hydrogen) atoms. The number of hydrogen-bond donors (Lipinski definition) is 0. The van der Waals surface area contributed by atoms with Gasteiger partial charge in [-0.2, -0.15) is 0 Å². The first-order valence-electron chi connectivity index (χ1n) is 17.1. The van der Waals surface area contributed by atoms with Gasteiger partial charge in [0.25, 0.3) is 0 Å². The van der Waals surface area contributed by atoms with Crippen LogP contribution in [-0.4, -0.2) is 0 Å². The Hall–Kier alpha value is -6.64. The minimum atomic E-state index is 0.820. The molecular formula is C48H28O2. The predicted molar refractivity (Wildman–Crippen MR) is 210 cm³/mol. The minimum absolute atomic E-state index is 0.820. The maximum atomic E-state index is 6.82. The molecule has 0 amide bonds. The summed E-state index contributed by atoms with van der Waals surface area (Å²) in [5.41, 5.74) is 9.48. The molecule has 0 unspecified atom stereocenters. The normalized spacial score (nSPS) is 12.0. The third kappa shape index (κ3) is 3.90. The molecule has 0 atom stereocenters. The lowest BCUT2D eigenvalue weighted by atomic mass is 9.85. The van der Waals surface area contributed by atoms with Gasteiger partial charge in [-0.3, -0.25) is 0 Å². The molecule has 0 saturated carbocycles. The molecule has 2 nitrogen and oxygen atoms in total. The van der Waals surface area contributed by atoms with Gasteiger partial charge in [0.05, 0.1) is 11.6 Å². The van der Waals surface area contributed by atoms with E-state index in [0.717, 1.165) is 49.6 Å². The molecule has 9 aromatic carbocycles. The van der Waals surface area contributed by atoms with Crippen LogP contribution in [0.5, 0.6) is 0 Å². The van der Waals surface area contributed by atoms with E-state index in [-0.39, 0.29) is 0 Å². The van der Waals surface area contributed by atoms with Crippen molar-refractivity contribution in [3.63, 3.8) is 0 Å². The quantitative estimate of drug-likeness (QED) is 0.180. The maximum absolute atomic E-state index is 6.82. The lowest BCUT2D eigenvalue weighted by Gasteiger charge is -2.18. The molecule has 2 heterocycles. The Balaban J connectivity index is 1.17. The standard InChI is InChI=1S/C48H28O2/c1-3-12-31-26-33(22-20-29(31)10-1)42-28-49-48-39(42)24-25-43-46(48)41-19-9-18-40(47(41)50-43)45-37-16-7-5-14-35(37)44(36-15-6-8-17-38(36)45)34-23-21-30-11-2-4-13-32(30)27-34/h1-28H. The number of fused-ring (bicyclic) bond motifs is 9. The first-order valence-corrected chi connectivity index (χ1v) is 17.1. The number of para-hydroxylation sites is 1. The van der Waals surface area contributed by atoms with Crippen LogP contribution in [0.4, 0.5) is 0 Å². The Morgan fingerprint density at radius 3 is 1.58 bits per heavy atom. The minimum Gasteiger partial charge on any atom is -0.463 e. The van der Waals surface area contributed by atoms with Crippen LogP contribution in [0.15, 0.2) is 179 Å². The van der Waals surface area contributed by atoms with Crippen LogP contribution in [0.3, 0.4) is 0 Å². The number of furan rings is 2. The number of hydrogen-bond acceptors (Lipinski definition) is 2. The molecule has 11 aromatic rings. The summed E-state index contributed by atoms with van der Waals surface area (Å²) in [7, 11) is 0. The van der Waals surface area contributed by atoms with Crippen molar-refractivity contribution in [1.29, 1.82) is 0 Å². The molecule has 0 saturated heterocycles. The summed E-state index contributed by atoms with van der Waals surface area (Å²) in [4.78, 5) is 0. The van der Waals surface area contributed by atoms with E-state index >= 15 is 0 Å². The maximum Gasteiger partial charge on any atom is 0.146 e. The molecule has 0 aliphatic rings. The van der Waals surface area contributed by atoms with E-state index in [2.05, 4.69) is 164 Å². The second-order valence-corrected chi connectivity index (χ2v) is 13.2. The van der Waals surface area contributed by atoms with Crippen LogP contribution in [-0.2, 0) is 0 Å². The molecule has 0 radical (unpaired) electrons. The molecule has 0 fully saturated rings. The van der Waals surface area contributed by atoms with Gasteiger partial charge in [-0.1, -0.05) is 140 Å². The van der Waals surface area contributed by atoms with Gasteiger partial charge in [-0.25, -0.2) is 0 Å². The van der Waals surface area contributed by atoms with E-state index in [9.17, 15) is 0 Å². The van der Waals surface area contributed by atoms with E-state index in [1.807, 2.05) is 6.26 Å². The van der Waals surface area contributed by atoms with Gasteiger partial charge in [-0.15, -0.1) is 0 Å². The molecule has 0 N–H and O–H groups in total. The molecule has 0 bridgehead atoms. The second-order valence-electron chi connectivity index (χ2n) is 13.2. The van der Waals surface area contributed by atoms with Gasteiger partial charge in [0, 0.05) is 27.5 Å². The van der Waals surface area contributed by atoms with Crippen molar-refractivity contribution in [2.75, 3.05) is 0 Å². The molecular weight excluding hydrogens is 609 g/mol. The smallest absolute Gasteiger partial charge is 0.146 e. The Labute approximate surface area is 287 Å². The van der Waals surface area contributed by atoms with Gasteiger partial charge >= 0.3 is 0 Å². The first-order chi connectivity index (χ1) is 24.8. The second kappa shape index (κ2) is 10.4. The van der Waals surface area contributed by atoms with Gasteiger partial charge in [0.15, 0.2) is 0 Å². The van der Waals surface area contributed by atoms with Crippen molar-refractivity contribution >= 4 is 76.0 Å². The summed E-state index contributed by atoms with van der Waals surface area (Å²) in [6, 6.07) is 58.8. The van der Waals surface area contributed by atoms with Gasteiger partial charge in [-0.05, 0) is 84.0 Å². The topological polar surface area (TPSA) is 26.3 Å². The van der Waals surface area contributed by atoms with Crippen molar-refractivity contribution in [2.45, 2.75) is 0 Å². The summed E-state index contributed by atoms with van der Waals surface area (Å²) < 4.78 is 13.2. The van der Waals surface area contributed by atoms with Crippen LogP contribution in [0.2, 0.25) is 0 Å². The Bertz CT molecular complexity index is 3100. The lowest BCUT2D eigenvalue weighted by Crippen LogP contribution is -1.91. The van der Waals surface area contributed by atoms with Crippen molar-refractivity contribution in [1.82, 2.24) is 0 Å². The third-order valence-electron chi connectivity index (χ3n) is 10.5. The highest BCUT2D eigenvalue weighted by Gasteiger charge is 2.22. The fraction of sp³-hybridized carbons (Fsp3) is 0. The summed E-state index contributed by atoms with van der Waals surface area (Å²) in [5, 5.41) is 12.9. The lowest BCUT2D eigenvalue weighted by molar-refractivity contribution is 0.619. The Morgan fingerprint density at radius 2 is 0.900 bits per heavy atom. The zero-order valence-corrected chi connectivity index (χ0v) is 27.0. The van der Waals surface area contributed by atoms with E-state index in [1.54, 1.807) is 0 Å². The molecule has 0 aliphatic carbocycles. The Kier molecular flexibility index (Phi) is 5.70. The van der Waals surface area contributed by atoms with E-state index in [0.29, 0.717) is 0 Å². The first kappa shape index (κ1) is 27.3. The van der Waals surface area contributed by atoms with Crippen molar-refractivity contribution in [3.8, 4) is 33.4 Å². The summed E-state index contributed by atoms with van der Waals surface area (Å²) in [6.45, 7) is 0. The van der Waals surface area contributed by atoms with Crippen LogP contribution >= 0.6 is 0 Å². The van der Waals surface area contributed by atoms with Crippen LogP contribution in [0.1, 0.15) is 0 Å². The average Bonchev–Trinajstić information content (AvgIpc) is 3.78. The molecule has 0 spiro atoms. The summed E-state index contributed by atoms with van der Waals surface area (Å²) in [5.74, 6) is 0. The van der Waals surface area contributed by atoms with Crippen molar-refractivity contribution < 1.29 is 8.83 Å². The molecule has 2 heteroatoms. The van der Waals surface area contributed by atoms with Gasteiger partial charge in [0.2, 0.25) is 0 Å². The third-order valence-corrected chi connectivity index (χ3v) is 10.5. The van der Waals surface area contributed by atoms with Gasteiger partial charge < -0.3 is 8.83 Å². The summed E-state index contributed by atoms with van der Waals surface area (Å²) >= 11 is 0. The zero-order chi connectivity index (χ0) is 32.8. The number of benzene rings is 9. The molecule has 2 aromatic heterocycles.